The summed E-state index contributed by atoms with van der Waals surface area (Å²) in [7, 11) is 0. The van der Waals surface area contributed by atoms with E-state index in [0.29, 0.717) is 0 Å². The van der Waals surface area contributed by atoms with E-state index in [1.165, 1.54) is 0 Å². The number of rotatable bonds is 6. The molecule has 3 heteroatoms. The molecule has 134 valence electrons. The summed E-state index contributed by atoms with van der Waals surface area (Å²) < 4.78 is 0. The molecule has 3 aromatic rings. The highest BCUT2D eigenvalue weighted by atomic mass is 16.3. The molecule has 3 nitrogen and oxygen atoms in total. The van der Waals surface area contributed by atoms with Crippen LogP contribution in [0.15, 0.2) is 72.8 Å². The molecule has 0 amide bonds. The lowest BCUT2D eigenvalue weighted by molar-refractivity contribution is 0.447. The Balaban J connectivity index is 2.00. The van der Waals surface area contributed by atoms with Crippen LogP contribution in [0.4, 0.5) is 0 Å². The average Bonchev–Trinajstić information content (AvgIpc) is 2.66. The normalized spacial score (nSPS) is 11.4. The lowest BCUT2D eigenvalue weighted by atomic mass is 9.69. The minimum Gasteiger partial charge on any atom is -0.508 e. The minimum absolute atomic E-state index is 0.223. The third-order valence-electron chi connectivity index (χ3n) is 5.22. The Morgan fingerprint density at radius 2 is 1.00 bits per heavy atom. The van der Waals surface area contributed by atoms with Gasteiger partial charge in [-0.05, 0) is 72.4 Å². The SMILES string of the molecule is CCC(CCc1ccc(O)cc1)(c1ccc(O)cc1)c1ccc(O)cc1. The molecule has 0 saturated carbocycles. The summed E-state index contributed by atoms with van der Waals surface area (Å²) >= 11 is 0. The van der Waals surface area contributed by atoms with Gasteiger partial charge < -0.3 is 15.3 Å². The molecular formula is C23H24O3. The van der Waals surface area contributed by atoms with Crippen LogP contribution in [0.25, 0.3) is 0 Å². The number of benzene rings is 3. The van der Waals surface area contributed by atoms with Gasteiger partial charge in [0, 0.05) is 5.41 Å². The fourth-order valence-corrected chi connectivity index (χ4v) is 3.62. The molecule has 0 atom stereocenters. The second kappa shape index (κ2) is 7.52. The molecule has 3 N–H and O–H groups in total. The molecule has 0 heterocycles. The lowest BCUT2D eigenvalue weighted by Crippen LogP contribution is -2.27. The first-order valence-electron chi connectivity index (χ1n) is 8.90. The largest absolute Gasteiger partial charge is 0.508 e. The average molecular weight is 348 g/mol. The van der Waals surface area contributed by atoms with Gasteiger partial charge in [-0.25, -0.2) is 0 Å². The smallest absolute Gasteiger partial charge is 0.115 e. The summed E-state index contributed by atoms with van der Waals surface area (Å²) in [6, 6.07) is 22.1. The minimum atomic E-state index is -0.223. The number of hydrogen-bond acceptors (Lipinski definition) is 3. The van der Waals surface area contributed by atoms with Gasteiger partial charge in [0.25, 0.3) is 0 Å². The Morgan fingerprint density at radius 1 is 0.615 bits per heavy atom. The van der Waals surface area contributed by atoms with Crippen LogP contribution in [0.3, 0.4) is 0 Å². The van der Waals surface area contributed by atoms with Crippen molar-refractivity contribution in [2.24, 2.45) is 0 Å². The zero-order chi connectivity index (χ0) is 18.6. The van der Waals surface area contributed by atoms with E-state index in [1.54, 1.807) is 36.4 Å². The van der Waals surface area contributed by atoms with E-state index < -0.39 is 0 Å². The number of phenols is 3. The first-order valence-corrected chi connectivity index (χ1v) is 8.90. The second-order valence-electron chi connectivity index (χ2n) is 6.70. The Kier molecular flexibility index (Phi) is 5.17. The molecule has 0 saturated heterocycles. The molecule has 0 spiro atoms. The maximum atomic E-state index is 9.68. The summed E-state index contributed by atoms with van der Waals surface area (Å²) in [5.41, 5.74) is 3.22. The monoisotopic (exact) mass is 348 g/mol. The van der Waals surface area contributed by atoms with E-state index in [2.05, 4.69) is 6.92 Å². The standard InChI is InChI=1S/C23H24O3/c1-2-23(18-5-11-21(25)12-6-18,19-7-13-22(26)14-8-19)16-15-17-3-9-20(24)10-4-17/h3-14,24-26H,2,15-16H2,1H3. The molecule has 0 aromatic heterocycles. The second-order valence-corrected chi connectivity index (χ2v) is 6.70. The van der Waals surface area contributed by atoms with Crippen molar-refractivity contribution >= 4 is 0 Å². The van der Waals surface area contributed by atoms with E-state index in [9.17, 15) is 15.3 Å². The summed E-state index contributed by atoms with van der Waals surface area (Å²) in [4.78, 5) is 0. The molecule has 3 aromatic carbocycles. The highest BCUT2D eigenvalue weighted by Gasteiger charge is 2.32. The lowest BCUT2D eigenvalue weighted by Gasteiger charge is -2.34. The number of aromatic hydroxyl groups is 3. The Bertz CT molecular complexity index is 789. The third kappa shape index (κ3) is 3.67. The summed E-state index contributed by atoms with van der Waals surface area (Å²) in [6.45, 7) is 2.16. The molecule has 0 aliphatic carbocycles. The van der Waals surface area contributed by atoms with Crippen LogP contribution < -0.4 is 0 Å². The van der Waals surface area contributed by atoms with Crippen LogP contribution in [-0.4, -0.2) is 15.3 Å². The van der Waals surface area contributed by atoms with E-state index in [-0.39, 0.29) is 22.7 Å². The molecule has 0 bridgehead atoms. The predicted molar refractivity (Wildman–Crippen MR) is 104 cm³/mol. The number of aryl methyl sites for hydroxylation is 1. The first-order chi connectivity index (χ1) is 12.5. The molecule has 0 radical (unpaired) electrons. The van der Waals surface area contributed by atoms with E-state index in [0.717, 1.165) is 36.0 Å². The van der Waals surface area contributed by atoms with Crippen LogP contribution in [0.1, 0.15) is 36.5 Å². The Hall–Kier alpha value is -2.94. The topological polar surface area (TPSA) is 60.7 Å². The molecule has 26 heavy (non-hydrogen) atoms. The van der Waals surface area contributed by atoms with Crippen LogP contribution >= 0.6 is 0 Å². The van der Waals surface area contributed by atoms with Crippen molar-refractivity contribution in [2.45, 2.75) is 31.6 Å². The fourth-order valence-electron chi connectivity index (χ4n) is 3.62. The van der Waals surface area contributed by atoms with Crippen molar-refractivity contribution in [2.75, 3.05) is 0 Å². The first kappa shape index (κ1) is 17.9. The number of hydrogen-bond donors (Lipinski definition) is 3. The van der Waals surface area contributed by atoms with Gasteiger partial charge in [0.05, 0.1) is 0 Å². The highest BCUT2D eigenvalue weighted by molar-refractivity contribution is 5.43. The predicted octanol–water partition coefficient (Wildman–Crippen LogP) is 5.13. The van der Waals surface area contributed by atoms with Gasteiger partial charge >= 0.3 is 0 Å². The molecular weight excluding hydrogens is 324 g/mol. The van der Waals surface area contributed by atoms with Gasteiger partial charge in [0.1, 0.15) is 17.2 Å². The van der Waals surface area contributed by atoms with Crippen LogP contribution in [0.2, 0.25) is 0 Å². The fraction of sp³-hybridized carbons (Fsp3) is 0.217. The van der Waals surface area contributed by atoms with Crippen LogP contribution in [-0.2, 0) is 11.8 Å². The molecule has 0 aliphatic heterocycles. The van der Waals surface area contributed by atoms with Gasteiger partial charge in [0.2, 0.25) is 0 Å². The van der Waals surface area contributed by atoms with Crippen LogP contribution in [0, 0.1) is 0 Å². The van der Waals surface area contributed by atoms with Crippen molar-refractivity contribution in [3.05, 3.63) is 89.5 Å². The number of phenolic OH excluding ortho intramolecular Hbond substituents is 3. The van der Waals surface area contributed by atoms with Gasteiger partial charge in [-0.1, -0.05) is 43.3 Å². The summed E-state index contributed by atoms with van der Waals surface area (Å²) in [6.07, 6.45) is 2.63. The maximum Gasteiger partial charge on any atom is 0.115 e. The molecule has 0 unspecified atom stereocenters. The summed E-state index contributed by atoms with van der Waals surface area (Å²) in [5, 5.41) is 28.9. The van der Waals surface area contributed by atoms with Gasteiger partial charge in [0.15, 0.2) is 0 Å². The van der Waals surface area contributed by atoms with Crippen LogP contribution in [0.5, 0.6) is 17.2 Å². The third-order valence-corrected chi connectivity index (χ3v) is 5.22. The zero-order valence-corrected chi connectivity index (χ0v) is 14.9. The Morgan fingerprint density at radius 3 is 1.38 bits per heavy atom. The summed E-state index contributed by atoms with van der Waals surface area (Å²) in [5.74, 6) is 0.776. The van der Waals surface area contributed by atoms with Gasteiger partial charge in [-0.3, -0.25) is 0 Å². The van der Waals surface area contributed by atoms with Crippen molar-refractivity contribution in [3.8, 4) is 17.2 Å². The Labute approximate surface area is 154 Å². The zero-order valence-electron chi connectivity index (χ0n) is 14.9. The highest BCUT2D eigenvalue weighted by Crippen LogP contribution is 2.41. The van der Waals surface area contributed by atoms with E-state index in [1.807, 2.05) is 36.4 Å². The molecule has 0 aliphatic rings. The van der Waals surface area contributed by atoms with Crippen molar-refractivity contribution in [1.82, 2.24) is 0 Å². The maximum absolute atomic E-state index is 9.68. The van der Waals surface area contributed by atoms with E-state index >= 15 is 0 Å². The van der Waals surface area contributed by atoms with E-state index in [4.69, 9.17) is 0 Å². The van der Waals surface area contributed by atoms with Gasteiger partial charge in [-0.15, -0.1) is 0 Å². The van der Waals surface area contributed by atoms with Crippen molar-refractivity contribution in [3.63, 3.8) is 0 Å². The van der Waals surface area contributed by atoms with Gasteiger partial charge in [-0.2, -0.15) is 0 Å². The quantitative estimate of drug-likeness (QED) is 0.578. The van der Waals surface area contributed by atoms with Crippen molar-refractivity contribution < 1.29 is 15.3 Å². The molecule has 3 rings (SSSR count). The van der Waals surface area contributed by atoms with Crippen molar-refractivity contribution in [1.29, 1.82) is 0 Å². The molecule has 0 fully saturated rings.